The van der Waals surface area contributed by atoms with Crippen LogP contribution in [0.25, 0.3) is 11.0 Å². The molecule has 0 atom stereocenters. The molecular formula is C24H19FN4O3. The number of hydrogen-bond acceptors (Lipinski definition) is 4. The minimum absolute atomic E-state index is 0.0639. The highest BCUT2D eigenvalue weighted by atomic mass is 19.1. The fourth-order valence-corrected chi connectivity index (χ4v) is 3.35. The Hall–Kier alpha value is -4.33. The van der Waals surface area contributed by atoms with Crippen molar-refractivity contribution in [1.29, 1.82) is 0 Å². The fraction of sp³-hybridized carbons (Fsp3) is 0.0833. The first-order chi connectivity index (χ1) is 15.4. The van der Waals surface area contributed by atoms with E-state index in [2.05, 4.69) is 15.6 Å². The molecule has 2 aromatic heterocycles. The highest BCUT2D eigenvalue weighted by molar-refractivity contribution is 6.05. The fourth-order valence-electron chi connectivity index (χ4n) is 3.35. The monoisotopic (exact) mass is 430 g/mol. The molecule has 0 unspecified atom stereocenters. The van der Waals surface area contributed by atoms with Crippen molar-refractivity contribution in [3.8, 4) is 0 Å². The summed E-state index contributed by atoms with van der Waals surface area (Å²) in [7, 11) is 0. The highest BCUT2D eigenvalue weighted by Crippen LogP contribution is 2.17. The average Bonchev–Trinajstić information content (AvgIpc) is 2.77. The number of carbonyl (C=O) groups is 2. The van der Waals surface area contributed by atoms with Crippen LogP contribution in [0.5, 0.6) is 0 Å². The Balaban J connectivity index is 1.70. The zero-order valence-corrected chi connectivity index (χ0v) is 17.1. The Morgan fingerprint density at radius 3 is 2.34 bits per heavy atom. The number of aromatic nitrogens is 2. The van der Waals surface area contributed by atoms with E-state index in [4.69, 9.17) is 0 Å². The van der Waals surface area contributed by atoms with E-state index >= 15 is 0 Å². The summed E-state index contributed by atoms with van der Waals surface area (Å²) in [6, 6.07) is 17.6. The lowest BCUT2D eigenvalue weighted by Gasteiger charge is -2.13. The normalized spacial score (nSPS) is 10.7. The summed E-state index contributed by atoms with van der Waals surface area (Å²) in [4.78, 5) is 41.5. The first-order valence-electron chi connectivity index (χ1n) is 9.83. The van der Waals surface area contributed by atoms with Crippen molar-refractivity contribution in [3.05, 3.63) is 100 Å². The van der Waals surface area contributed by atoms with Crippen molar-refractivity contribution in [2.24, 2.45) is 0 Å². The standard InChI is InChI=1S/C24H19FN4O3/c1-15(30)27-18-8-10-19(11-9-18)28-23(31)20-13-16-6-4-12-26-22(16)29(24(20)32)14-17-5-2-3-7-21(17)25/h2-13H,14H2,1H3,(H,27,30)(H,28,31). The maximum Gasteiger partial charge on any atom is 0.265 e. The number of nitrogens with zero attached hydrogens (tertiary/aromatic N) is 2. The Morgan fingerprint density at radius 2 is 1.66 bits per heavy atom. The van der Waals surface area contributed by atoms with Crippen LogP contribution in [-0.2, 0) is 11.3 Å². The molecule has 2 amide bonds. The Labute approximate surface area is 182 Å². The zero-order valence-electron chi connectivity index (χ0n) is 17.1. The molecule has 0 saturated heterocycles. The predicted molar refractivity (Wildman–Crippen MR) is 120 cm³/mol. The van der Waals surface area contributed by atoms with Crippen molar-refractivity contribution in [1.82, 2.24) is 9.55 Å². The van der Waals surface area contributed by atoms with E-state index in [1.807, 2.05) is 0 Å². The third-order valence-corrected chi connectivity index (χ3v) is 4.84. The molecule has 32 heavy (non-hydrogen) atoms. The van der Waals surface area contributed by atoms with E-state index in [1.165, 1.54) is 29.8 Å². The lowest BCUT2D eigenvalue weighted by Crippen LogP contribution is -2.30. The van der Waals surface area contributed by atoms with Gasteiger partial charge in [0.15, 0.2) is 0 Å². The van der Waals surface area contributed by atoms with Gasteiger partial charge in [-0.05, 0) is 48.5 Å². The number of halogens is 1. The largest absolute Gasteiger partial charge is 0.326 e. The van der Waals surface area contributed by atoms with Crippen LogP contribution in [0, 0.1) is 5.82 Å². The number of nitrogens with one attached hydrogen (secondary N) is 2. The maximum atomic E-state index is 14.2. The van der Waals surface area contributed by atoms with Crippen LogP contribution < -0.4 is 16.2 Å². The van der Waals surface area contributed by atoms with Gasteiger partial charge in [-0.15, -0.1) is 0 Å². The van der Waals surface area contributed by atoms with Gasteiger partial charge in [0.05, 0.1) is 6.54 Å². The van der Waals surface area contributed by atoms with Gasteiger partial charge >= 0.3 is 0 Å². The van der Waals surface area contributed by atoms with Crippen molar-refractivity contribution >= 4 is 34.2 Å². The van der Waals surface area contributed by atoms with Crippen LogP contribution in [0.3, 0.4) is 0 Å². The number of hydrogen-bond donors (Lipinski definition) is 2. The third-order valence-electron chi connectivity index (χ3n) is 4.84. The van der Waals surface area contributed by atoms with Gasteiger partial charge in [-0.1, -0.05) is 18.2 Å². The number of amides is 2. The molecule has 0 fully saturated rings. The number of benzene rings is 2. The lowest BCUT2D eigenvalue weighted by molar-refractivity contribution is -0.114. The van der Waals surface area contributed by atoms with Crippen molar-refractivity contribution in [2.45, 2.75) is 13.5 Å². The van der Waals surface area contributed by atoms with Crippen LogP contribution in [0.15, 0.2) is 77.7 Å². The number of pyridine rings is 2. The van der Waals surface area contributed by atoms with Crippen LogP contribution in [0.2, 0.25) is 0 Å². The van der Waals surface area contributed by atoms with E-state index in [1.54, 1.807) is 54.6 Å². The molecule has 4 rings (SSSR count). The Kier molecular flexibility index (Phi) is 5.76. The second-order valence-electron chi connectivity index (χ2n) is 7.17. The van der Waals surface area contributed by atoms with Crippen LogP contribution >= 0.6 is 0 Å². The van der Waals surface area contributed by atoms with Gasteiger partial charge in [0.25, 0.3) is 11.5 Å². The van der Waals surface area contributed by atoms with E-state index in [9.17, 15) is 18.8 Å². The molecule has 0 radical (unpaired) electrons. The molecule has 0 bridgehead atoms. The van der Waals surface area contributed by atoms with E-state index < -0.39 is 17.3 Å². The average molecular weight is 430 g/mol. The summed E-state index contributed by atoms with van der Waals surface area (Å²) in [5.41, 5.74) is 1.04. The third kappa shape index (κ3) is 4.39. The maximum absolute atomic E-state index is 14.2. The van der Waals surface area contributed by atoms with Gasteiger partial charge in [0, 0.05) is 35.4 Å². The zero-order chi connectivity index (χ0) is 22.7. The molecule has 4 aromatic rings. The molecule has 0 aliphatic heterocycles. The first-order valence-corrected chi connectivity index (χ1v) is 9.83. The summed E-state index contributed by atoms with van der Waals surface area (Å²) in [6.45, 7) is 1.34. The molecule has 0 saturated carbocycles. The Morgan fingerprint density at radius 1 is 0.969 bits per heavy atom. The minimum atomic E-state index is -0.602. The number of fused-ring (bicyclic) bond motifs is 1. The van der Waals surface area contributed by atoms with E-state index in [0.717, 1.165) is 0 Å². The van der Waals surface area contributed by atoms with Crippen molar-refractivity contribution in [2.75, 3.05) is 10.6 Å². The van der Waals surface area contributed by atoms with E-state index in [0.29, 0.717) is 28.0 Å². The smallest absolute Gasteiger partial charge is 0.265 e. The summed E-state index contributed by atoms with van der Waals surface area (Å²) in [5, 5.41) is 5.90. The van der Waals surface area contributed by atoms with Crippen LogP contribution in [0.4, 0.5) is 15.8 Å². The quantitative estimate of drug-likeness (QED) is 0.504. The minimum Gasteiger partial charge on any atom is -0.326 e. The molecule has 0 aliphatic rings. The highest BCUT2D eigenvalue weighted by Gasteiger charge is 2.17. The van der Waals surface area contributed by atoms with Gasteiger partial charge in [0.1, 0.15) is 17.0 Å². The summed E-state index contributed by atoms with van der Waals surface area (Å²) in [5.74, 6) is -1.25. The second kappa shape index (κ2) is 8.81. The summed E-state index contributed by atoms with van der Waals surface area (Å²) in [6.07, 6.45) is 1.54. The van der Waals surface area contributed by atoms with Crippen molar-refractivity contribution in [3.63, 3.8) is 0 Å². The number of carbonyl (C=O) groups excluding carboxylic acids is 2. The lowest BCUT2D eigenvalue weighted by atomic mass is 10.1. The molecular weight excluding hydrogens is 411 g/mol. The van der Waals surface area contributed by atoms with Gasteiger partial charge in [-0.2, -0.15) is 0 Å². The van der Waals surface area contributed by atoms with Crippen molar-refractivity contribution < 1.29 is 14.0 Å². The van der Waals surface area contributed by atoms with Gasteiger partial charge in [-0.3, -0.25) is 19.0 Å². The van der Waals surface area contributed by atoms with E-state index in [-0.39, 0.29) is 18.0 Å². The molecule has 0 aliphatic carbocycles. The predicted octanol–water partition coefficient (Wildman–Crippen LogP) is 3.79. The van der Waals surface area contributed by atoms with Crippen LogP contribution in [0.1, 0.15) is 22.8 Å². The summed E-state index contributed by atoms with van der Waals surface area (Å²) >= 11 is 0. The number of anilines is 2. The molecule has 8 heteroatoms. The van der Waals surface area contributed by atoms with Gasteiger partial charge in [-0.25, -0.2) is 9.37 Å². The number of rotatable bonds is 5. The molecule has 0 spiro atoms. The molecule has 2 aromatic carbocycles. The molecule has 7 nitrogen and oxygen atoms in total. The SMILES string of the molecule is CC(=O)Nc1ccc(NC(=O)c2cc3cccnc3n(Cc3ccccc3F)c2=O)cc1. The van der Waals surface area contributed by atoms with Crippen LogP contribution in [-0.4, -0.2) is 21.4 Å². The molecule has 2 N–H and O–H groups in total. The van der Waals surface area contributed by atoms with Gasteiger partial charge < -0.3 is 10.6 Å². The summed E-state index contributed by atoms with van der Waals surface area (Å²) < 4.78 is 15.5. The molecule has 160 valence electrons. The topological polar surface area (TPSA) is 93.1 Å². The van der Waals surface area contributed by atoms with Gasteiger partial charge in [0.2, 0.25) is 5.91 Å². The molecule has 2 heterocycles. The first kappa shape index (κ1) is 20.9. The second-order valence-corrected chi connectivity index (χ2v) is 7.17. The Bertz CT molecular complexity index is 1380.